The zero-order valence-corrected chi connectivity index (χ0v) is 12.6. The molecular formula is C15H17FN6O. The van der Waals surface area contributed by atoms with Gasteiger partial charge in [-0.3, -0.25) is 4.68 Å². The summed E-state index contributed by atoms with van der Waals surface area (Å²) < 4.78 is 14.9. The van der Waals surface area contributed by atoms with E-state index in [0.29, 0.717) is 36.1 Å². The molecule has 0 aliphatic carbocycles. The van der Waals surface area contributed by atoms with Gasteiger partial charge in [0.1, 0.15) is 11.6 Å². The highest BCUT2D eigenvalue weighted by atomic mass is 19.1. The average molecular weight is 316 g/mol. The Labute approximate surface area is 132 Å². The summed E-state index contributed by atoms with van der Waals surface area (Å²) in [7, 11) is 1.79. The van der Waals surface area contributed by atoms with Crippen molar-refractivity contribution >= 4 is 28.5 Å². The summed E-state index contributed by atoms with van der Waals surface area (Å²) in [4.78, 5) is 8.84. The first-order valence-corrected chi connectivity index (χ1v) is 7.24. The van der Waals surface area contributed by atoms with Crippen LogP contribution in [-0.4, -0.2) is 38.0 Å². The quantitative estimate of drug-likeness (QED) is 0.603. The van der Waals surface area contributed by atoms with E-state index in [1.165, 1.54) is 12.1 Å². The van der Waals surface area contributed by atoms with Gasteiger partial charge in [-0.05, 0) is 24.6 Å². The molecule has 0 fully saturated rings. The maximum Gasteiger partial charge on any atom is 0.231 e. The average Bonchev–Trinajstić information content (AvgIpc) is 2.89. The topological polar surface area (TPSA) is 87.9 Å². The Hall–Kier alpha value is -2.74. The Kier molecular flexibility index (Phi) is 4.33. The molecule has 0 saturated carbocycles. The molecule has 0 atom stereocenters. The molecule has 3 rings (SSSR count). The van der Waals surface area contributed by atoms with Crippen molar-refractivity contribution in [3.8, 4) is 0 Å². The van der Waals surface area contributed by atoms with E-state index in [0.717, 1.165) is 5.39 Å². The molecule has 3 aromatic rings. The summed E-state index contributed by atoms with van der Waals surface area (Å²) in [6, 6.07) is 6.09. The molecule has 0 bridgehead atoms. The van der Waals surface area contributed by atoms with Gasteiger partial charge in [0.15, 0.2) is 5.65 Å². The van der Waals surface area contributed by atoms with Crippen molar-refractivity contribution < 1.29 is 9.50 Å². The van der Waals surface area contributed by atoms with Crippen LogP contribution >= 0.6 is 0 Å². The Balaban J connectivity index is 1.94. The van der Waals surface area contributed by atoms with Crippen molar-refractivity contribution in [1.29, 1.82) is 0 Å². The second-order valence-electron chi connectivity index (χ2n) is 5.04. The number of hydrogen-bond donors (Lipinski definition) is 3. The number of fused-ring (bicyclic) bond motifs is 1. The zero-order chi connectivity index (χ0) is 16.2. The molecule has 2 heterocycles. The summed E-state index contributed by atoms with van der Waals surface area (Å²) >= 11 is 0. The van der Waals surface area contributed by atoms with Gasteiger partial charge in [-0.2, -0.15) is 15.1 Å². The van der Waals surface area contributed by atoms with Crippen LogP contribution in [0.25, 0.3) is 11.0 Å². The smallest absolute Gasteiger partial charge is 0.231 e. The molecule has 2 aromatic heterocycles. The molecule has 0 aliphatic rings. The van der Waals surface area contributed by atoms with Crippen LogP contribution in [0.15, 0.2) is 30.5 Å². The number of hydrogen-bond acceptors (Lipinski definition) is 6. The second-order valence-corrected chi connectivity index (χ2v) is 5.04. The van der Waals surface area contributed by atoms with Crippen LogP contribution < -0.4 is 10.6 Å². The number of nitrogens with one attached hydrogen (secondary N) is 2. The largest absolute Gasteiger partial charge is 0.396 e. The standard InChI is InChI=1S/C15H17FN6O/c1-22-14-12(9-18-22)13(17-6-3-7-23)20-15(21-14)19-11-5-2-4-10(16)8-11/h2,4-5,8-9,23H,3,6-7H2,1H3,(H2,17,19,20,21). The van der Waals surface area contributed by atoms with Crippen LogP contribution in [-0.2, 0) is 7.05 Å². The molecule has 0 spiro atoms. The van der Waals surface area contributed by atoms with E-state index < -0.39 is 0 Å². The molecule has 120 valence electrons. The van der Waals surface area contributed by atoms with Gasteiger partial charge < -0.3 is 15.7 Å². The minimum absolute atomic E-state index is 0.0999. The van der Waals surface area contributed by atoms with Crippen molar-refractivity contribution in [2.75, 3.05) is 23.8 Å². The number of aromatic nitrogens is 4. The molecule has 0 saturated heterocycles. The van der Waals surface area contributed by atoms with E-state index in [-0.39, 0.29) is 12.4 Å². The lowest BCUT2D eigenvalue weighted by atomic mass is 10.3. The van der Waals surface area contributed by atoms with Crippen LogP contribution in [0.3, 0.4) is 0 Å². The van der Waals surface area contributed by atoms with E-state index in [1.54, 1.807) is 30.1 Å². The molecule has 8 heteroatoms. The van der Waals surface area contributed by atoms with Crippen LogP contribution in [0.5, 0.6) is 0 Å². The minimum Gasteiger partial charge on any atom is -0.396 e. The molecule has 23 heavy (non-hydrogen) atoms. The first-order valence-electron chi connectivity index (χ1n) is 7.24. The number of anilines is 3. The molecule has 0 aliphatic heterocycles. The second kappa shape index (κ2) is 6.57. The monoisotopic (exact) mass is 316 g/mol. The Morgan fingerprint density at radius 3 is 2.96 bits per heavy atom. The third kappa shape index (κ3) is 3.37. The lowest BCUT2D eigenvalue weighted by Crippen LogP contribution is -2.08. The summed E-state index contributed by atoms with van der Waals surface area (Å²) in [5.74, 6) is 0.631. The van der Waals surface area contributed by atoms with Crippen LogP contribution in [0.2, 0.25) is 0 Å². The van der Waals surface area contributed by atoms with Gasteiger partial charge in [0.25, 0.3) is 0 Å². The fourth-order valence-electron chi connectivity index (χ4n) is 2.19. The van der Waals surface area contributed by atoms with E-state index in [2.05, 4.69) is 25.7 Å². The molecule has 0 amide bonds. The predicted octanol–water partition coefficient (Wildman–Crippen LogP) is 2.04. The van der Waals surface area contributed by atoms with Gasteiger partial charge in [-0.25, -0.2) is 4.39 Å². The van der Waals surface area contributed by atoms with Crippen molar-refractivity contribution in [2.24, 2.45) is 7.05 Å². The Bertz CT molecular complexity index is 819. The number of rotatable bonds is 6. The first kappa shape index (κ1) is 15.2. The molecular weight excluding hydrogens is 299 g/mol. The highest BCUT2D eigenvalue weighted by Crippen LogP contribution is 2.23. The van der Waals surface area contributed by atoms with Gasteiger partial charge in [-0.1, -0.05) is 6.07 Å². The van der Waals surface area contributed by atoms with E-state index in [1.807, 2.05) is 0 Å². The lowest BCUT2D eigenvalue weighted by molar-refractivity contribution is 0.292. The zero-order valence-electron chi connectivity index (χ0n) is 12.6. The summed E-state index contributed by atoms with van der Waals surface area (Å²) in [5, 5.41) is 20.0. The molecule has 0 unspecified atom stereocenters. The van der Waals surface area contributed by atoms with Gasteiger partial charge >= 0.3 is 0 Å². The van der Waals surface area contributed by atoms with E-state index in [4.69, 9.17) is 5.11 Å². The number of aliphatic hydroxyl groups is 1. The number of benzene rings is 1. The Morgan fingerprint density at radius 2 is 2.17 bits per heavy atom. The number of halogens is 1. The first-order chi connectivity index (χ1) is 11.2. The fraction of sp³-hybridized carbons (Fsp3) is 0.267. The Morgan fingerprint density at radius 1 is 1.30 bits per heavy atom. The number of aliphatic hydroxyl groups excluding tert-OH is 1. The van der Waals surface area contributed by atoms with Crippen LogP contribution in [0.4, 0.5) is 21.8 Å². The van der Waals surface area contributed by atoms with Gasteiger partial charge in [0.2, 0.25) is 5.95 Å². The highest BCUT2D eigenvalue weighted by Gasteiger charge is 2.11. The van der Waals surface area contributed by atoms with Crippen molar-refractivity contribution in [3.63, 3.8) is 0 Å². The normalized spacial score (nSPS) is 10.9. The van der Waals surface area contributed by atoms with Gasteiger partial charge in [0.05, 0.1) is 11.6 Å². The fourth-order valence-corrected chi connectivity index (χ4v) is 2.19. The van der Waals surface area contributed by atoms with Crippen molar-refractivity contribution in [3.05, 3.63) is 36.3 Å². The molecule has 1 aromatic carbocycles. The third-order valence-corrected chi connectivity index (χ3v) is 3.30. The number of aryl methyl sites for hydroxylation is 1. The van der Waals surface area contributed by atoms with Crippen molar-refractivity contribution in [1.82, 2.24) is 19.7 Å². The predicted molar refractivity (Wildman–Crippen MR) is 86.2 cm³/mol. The lowest BCUT2D eigenvalue weighted by Gasteiger charge is -2.10. The summed E-state index contributed by atoms with van der Waals surface area (Å²) in [6.45, 7) is 0.680. The van der Waals surface area contributed by atoms with E-state index >= 15 is 0 Å². The maximum absolute atomic E-state index is 13.3. The minimum atomic E-state index is -0.335. The van der Waals surface area contributed by atoms with Crippen LogP contribution in [0, 0.1) is 5.82 Å². The van der Waals surface area contributed by atoms with Crippen LogP contribution in [0.1, 0.15) is 6.42 Å². The SMILES string of the molecule is Cn1ncc2c(NCCCO)nc(Nc3cccc(F)c3)nc21. The third-order valence-electron chi connectivity index (χ3n) is 3.30. The van der Waals surface area contributed by atoms with Gasteiger partial charge in [0, 0.05) is 25.9 Å². The molecule has 7 nitrogen and oxygen atoms in total. The maximum atomic E-state index is 13.3. The van der Waals surface area contributed by atoms with Gasteiger partial charge in [-0.15, -0.1) is 0 Å². The van der Waals surface area contributed by atoms with Crippen molar-refractivity contribution in [2.45, 2.75) is 6.42 Å². The van der Waals surface area contributed by atoms with E-state index in [9.17, 15) is 4.39 Å². The molecule has 0 radical (unpaired) electrons. The number of nitrogens with zero attached hydrogens (tertiary/aromatic N) is 4. The summed E-state index contributed by atoms with van der Waals surface area (Å²) in [5.41, 5.74) is 1.22. The highest BCUT2D eigenvalue weighted by molar-refractivity contribution is 5.87. The summed E-state index contributed by atoms with van der Waals surface area (Å²) in [6.07, 6.45) is 2.29. The molecule has 3 N–H and O–H groups in total.